The minimum atomic E-state index is -0.389. The average molecular weight is 212 g/mol. The summed E-state index contributed by atoms with van der Waals surface area (Å²) in [6.45, 7) is 8.42. The predicted octanol–water partition coefficient (Wildman–Crippen LogP) is 1.36. The Kier molecular flexibility index (Phi) is 2.41. The maximum absolute atomic E-state index is 11.8. The Hall–Kier alpha value is -0.770. The van der Waals surface area contributed by atoms with Gasteiger partial charge >= 0.3 is 6.09 Å². The summed E-state index contributed by atoms with van der Waals surface area (Å²) in [7, 11) is 0. The van der Waals surface area contributed by atoms with Crippen molar-refractivity contribution in [2.45, 2.75) is 44.8 Å². The van der Waals surface area contributed by atoms with Crippen molar-refractivity contribution in [2.75, 3.05) is 19.6 Å². The van der Waals surface area contributed by atoms with Crippen LogP contribution < -0.4 is 5.32 Å². The number of likely N-dealkylation sites (tertiary alicyclic amines) is 1. The van der Waals surface area contributed by atoms with Crippen molar-refractivity contribution in [1.29, 1.82) is 0 Å². The second-order valence-corrected chi connectivity index (χ2v) is 5.61. The fourth-order valence-corrected chi connectivity index (χ4v) is 2.18. The molecule has 0 aromatic heterocycles. The minimum absolute atomic E-state index is 0.173. The molecule has 1 spiro atoms. The van der Waals surface area contributed by atoms with Gasteiger partial charge in [-0.25, -0.2) is 4.79 Å². The Labute approximate surface area is 91.0 Å². The quantitative estimate of drug-likeness (QED) is 0.659. The highest BCUT2D eigenvalue weighted by Crippen LogP contribution is 2.30. The van der Waals surface area contributed by atoms with Crippen LogP contribution in [0.1, 0.15) is 33.6 Å². The van der Waals surface area contributed by atoms with E-state index in [1.54, 1.807) is 0 Å². The molecule has 15 heavy (non-hydrogen) atoms. The van der Waals surface area contributed by atoms with Gasteiger partial charge in [0.2, 0.25) is 0 Å². The van der Waals surface area contributed by atoms with E-state index in [1.807, 2.05) is 25.7 Å². The largest absolute Gasteiger partial charge is 0.444 e. The summed E-state index contributed by atoms with van der Waals surface area (Å²) < 4.78 is 5.34. The molecule has 86 valence electrons. The molecule has 2 heterocycles. The van der Waals surface area contributed by atoms with E-state index >= 15 is 0 Å². The van der Waals surface area contributed by atoms with E-state index in [1.165, 1.54) is 6.42 Å². The zero-order chi connectivity index (χ0) is 11.1. The number of nitrogens with one attached hydrogen (secondary N) is 1. The lowest BCUT2D eigenvalue weighted by Crippen LogP contribution is -2.58. The van der Waals surface area contributed by atoms with E-state index in [4.69, 9.17) is 4.74 Å². The molecule has 1 N–H and O–H groups in total. The van der Waals surface area contributed by atoms with Gasteiger partial charge in [-0.05, 0) is 40.2 Å². The van der Waals surface area contributed by atoms with Crippen molar-refractivity contribution in [2.24, 2.45) is 0 Å². The van der Waals surface area contributed by atoms with Crippen molar-refractivity contribution < 1.29 is 9.53 Å². The highest BCUT2D eigenvalue weighted by Gasteiger charge is 2.44. The van der Waals surface area contributed by atoms with E-state index < -0.39 is 0 Å². The lowest BCUT2D eigenvalue weighted by molar-refractivity contribution is 0.0269. The molecule has 0 aromatic rings. The van der Waals surface area contributed by atoms with Crippen molar-refractivity contribution in [1.82, 2.24) is 10.2 Å². The van der Waals surface area contributed by atoms with Gasteiger partial charge in [-0.2, -0.15) is 0 Å². The molecule has 2 aliphatic heterocycles. The van der Waals surface area contributed by atoms with E-state index in [0.717, 1.165) is 26.1 Å². The first-order chi connectivity index (χ1) is 6.90. The Morgan fingerprint density at radius 3 is 2.47 bits per heavy atom. The second-order valence-electron chi connectivity index (χ2n) is 5.61. The number of ether oxygens (including phenoxy) is 1. The molecule has 0 saturated carbocycles. The molecule has 2 fully saturated rings. The molecule has 0 aromatic carbocycles. The number of amides is 1. The van der Waals surface area contributed by atoms with Gasteiger partial charge in [-0.3, -0.25) is 0 Å². The van der Waals surface area contributed by atoms with E-state index in [-0.39, 0.29) is 17.2 Å². The van der Waals surface area contributed by atoms with Crippen LogP contribution in [0.4, 0.5) is 4.79 Å². The first-order valence-corrected chi connectivity index (χ1v) is 5.63. The number of carbonyl (C=O) groups excluding carboxylic acids is 1. The van der Waals surface area contributed by atoms with Crippen molar-refractivity contribution in [3.8, 4) is 0 Å². The van der Waals surface area contributed by atoms with Crippen LogP contribution in [0.25, 0.3) is 0 Å². The molecule has 2 rings (SSSR count). The summed E-state index contributed by atoms with van der Waals surface area (Å²) in [5.74, 6) is 0. The van der Waals surface area contributed by atoms with Crippen LogP contribution in [0.5, 0.6) is 0 Å². The minimum Gasteiger partial charge on any atom is -0.444 e. The van der Waals surface area contributed by atoms with Gasteiger partial charge in [0.25, 0.3) is 0 Å². The summed E-state index contributed by atoms with van der Waals surface area (Å²) in [5, 5.41) is 3.42. The monoisotopic (exact) mass is 212 g/mol. The highest BCUT2D eigenvalue weighted by molar-refractivity contribution is 5.68. The molecular formula is C11H20N2O2. The second kappa shape index (κ2) is 3.37. The maximum Gasteiger partial charge on any atom is 0.410 e. The fraction of sp³-hybridized carbons (Fsp3) is 0.909. The lowest BCUT2D eigenvalue weighted by atomic mass is 9.87. The van der Waals surface area contributed by atoms with Crippen LogP contribution in [0.15, 0.2) is 0 Å². The van der Waals surface area contributed by atoms with Gasteiger partial charge in [0.15, 0.2) is 0 Å². The maximum atomic E-state index is 11.8. The van der Waals surface area contributed by atoms with Crippen LogP contribution in [0.3, 0.4) is 0 Å². The molecule has 0 radical (unpaired) electrons. The van der Waals surface area contributed by atoms with Crippen molar-refractivity contribution in [3.05, 3.63) is 0 Å². The molecular weight excluding hydrogens is 192 g/mol. The molecule has 0 bridgehead atoms. The Morgan fingerprint density at radius 2 is 2.07 bits per heavy atom. The topological polar surface area (TPSA) is 41.6 Å². The molecule has 0 unspecified atom stereocenters. The number of hydrogen-bond acceptors (Lipinski definition) is 3. The van der Waals surface area contributed by atoms with Gasteiger partial charge in [-0.1, -0.05) is 0 Å². The standard InChI is InChI=1S/C11H20N2O2/c1-10(2,3)15-9(14)13-7-5-11(8-13)4-6-12-11/h12H,4-8H2,1-3H3/t11-/m1/s1. The Balaban J connectivity index is 1.88. The smallest absolute Gasteiger partial charge is 0.410 e. The highest BCUT2D eigenvalue weighted by atomic mass is 16.6. The molecule has 2 aliphatic rings. The van der Waals surface area contributed by atoms with Crippen LogP contribution in [0.2, 0.25) is 0 Å². The van der Waals surface area contributed by atoms with Gasteiger partial charge in [-0.15, -0.1) is 0 Å². The van der Waals surface area contributed by atoms with E-state index in [2.05, 4.69) is 5.32 Å². The third-order valence-electron chi connectivity index (χ3n) is 3.11. The van der Waals surface area contributed by atoms with Crippen LogP contribution in [0, 0.1) is 0 Å². The third-order valence-corrected chi connectivity index (χ3v) is 3.11. The van der Waals surface area contributed by atoms with Gasteiger partial charge in [0, 0.05) is 18.6 Å². The van der Waals surface area contributed by atoms with Crippen LogP contribution in [-0.4, -0.2) is 41.8 Å². The Morgan fingerprint density at radius 1 is 1.40 bits per heavy atom. The van der Waals surface area contributed by atoms with Crippen molar-refractivity contribution >= 4 is 6.09 Å². The van der Waals surface area contributed by atoms with Gasteiger partial charge < -0.3 is 15.0 Å². The lowest BCUT2D eigenvalue weighted by Gasteiger charge is -2.39. The molecule has 2 saturated heterocycles. The van der Waals surface area contributed by atoms with Gasteiger partial charge in [0.05, 0.1) is 0 Å². The summed E-state index contributed by atoms with van der Waals surface area (Å²) >= 11 is 0. The summed E-state index contributed by atoms with van der Waals surface area (Å²) in [6.07, 6.45) is 2.08. The normalized spacial score (nSPS) is 30.5. The number of rotatable bonds is 0. The summed E-state index contributed by atoms with van der Waals surface area (Å²) in [4.78, 5) is 13.6. The summed E-state index contributed by atoms with van der Waals surface area (Å²) in [6, 6.07) is 0. The average Bonchev–Trinajstić information content (AvgIpc) is 2.43. The van der Waals surface area contributed by atoms with Crippen LogP contribution >= 0.6 is 0 Å². The summed E-state index contributed by atoms with van der Waals surface area (Å²) in [5.41, 5.74) is -0.170. The molecule has 4 heteroatoms. The van der Waals surface area contributed by atoms with E-state index in [9.17, 15) is 4.79 Å². The molecule has 1 amide bonds. The molecule has 4 nitrogen and oxygen atoms in total. The number of hydrogen-bond donors (Lipinski definition) is 1. The first kappa shape index (κ1) is 10.7. The Bertz CT molecular complexity index is 266. The first-order valence-electron chi connectivity index (χ1n) is 5.63. The molecule has 0 aliphatic carbocycles. The van der Waals surface area contributed by atoms with E-state index in [0.29, 0.717) is 0 Å². The zero-order valence-electron chi connectivity index (χ0n) is 9.80. The van der Waals surface area contributed by atoms with Crippen LogP contribution in [-0.2, 0) is 4.74 Å². The number of carbonyl (C=O) groups is 1. The zero-order valence-corrected chi connectivity index (χ0v) is 9.80. The SMILES string of the molecule is CC(C)(C)OC(=O)N1CC[C@]2(CCN2)C1. The predicted molar refractivity (Wildman–Crippen MR) is 57.8 cm³/mol. The van der Waals surface area contributed by atoms with Gasteiger partial charge in [0.1, 0.15) is 5.60 Å². The molecule has 1 atom stereocenters. The number of nitrogens with zero attached hydrogens (tertiary/aromatic N) is 1. The fourth-order valence-electron chi connectivity index (χ4n) is 2.18. The third kappa shape index (κ3) is 2.25. The van der Waals surface area contributed by atoms with Crippen molar-refractivity contribution in [3.63, 3.8) is 0 Å².